The van der Waals surface area contributed by atoms with Gasteiger partial charge in [0, 0.05) is 0 Å². The summed E-state index contributed by atoms with van der Waals surface area (Å²) < 4.78 is 0. The van der Waals surface area contributed by atoms with Crippen molar-refractivity contribution in [1.82, 2.24) is 0 Å². The predicted molar refractivity (Wildman–Crippen MR) is 658 cm³/mol. The van der Waals surface area contributed by atoms with Gasteiger partial charge in [-0.05, 0) is 899 Å². The molecule has 764 valence electrons. The van der Waals surface area contributed by atoms with Crippen LogP contribution in [0.15, 0.2) is 0 Å². The number of hydrogen-bond acceptors (Lipinski definition) is 0. The van der Waals surface area contributed by atoms with Crippen LogP contribution in [0.1, 0.15) is 334 Å². The minimum absolute atomic E-state index is 0.987. The van der Waals surface area contributed by atoms with Gasteiger partial charge < -0.3 is 0 Å². The van der Waals surface area contributed by atoms with Gasteiger partial charge in [0.2, 0.25) is 0 Å². The number of rotatable bonds is 7. The molecule has 0 unspecified atom stereocenters. The van der Waals surface area contributed by atoms with Gasteiger partial charge in [0.15, 0.2) is 0 Å². The van der Waals surface area contributed by atoms with Crippen molar-refractivity contribution in [3.05, 3.63) is 334 Å². The summed E-state index contributed by atoms with van der Waals surface area (Å²) in [5.74, 6) is 0. The van der Waals surface area contributed by atoms with Crippen molar-refractivity contribution in [2.24, 2.45) is 0 Å². The van der Waals surface area contributed by atoms with Crippen molar-refractivity contribution < 1.29 is 0 Å². The fourth-order valence-electron chi connectivity index (χ4n) is 30.2. The number of benzene rings is 17. The molecule has 0 aliphatic heterocycles. The normalized spacial score (nSPS) is 12.4. The minimum Gasteiger partial charge on any atom is -0.0447 e. The SMILES string of the molecule is Cc1c(C)c(C)c(-c2c(C)c(C)c(-c3c4c(C)c(C)c(C)c(C)c4c(-c4c(C)c(C)c(C)c5c4-c4c(C)c(C)c(C)c(C)c4C5)c4c(C)c(C)c(C)c(C)c34)c(C)c2-c2c(C)c(C)c(C)c(C)c2C)c(C)c1C.Cc1c(C)c(C)c2c(c1C)Cc1c(C)c(C)c(C)c(-c3c4c(C)c(C)c(C)c(C)c4c(-c4c(C)c(C)c(-c5c(C)c(C)c6c(C)c(C)c(C)c(C)c6c5C)c5c(C)c(C)c(C)c(C)c45)c4c(C)c(C)c(C)c(C)c34)c1-2. The first-order valence-corrected chi connectivity index (χ1v) is 55.7. The molecule has 17 aromatic carbocycles. The minimum atomic E-state index is 0.987. The van der Waals surface area contributed by atoms with Gasteiger partial charge in [0.1, 0.15) is 0 Å². The van der Waals surface area contributed by atoms with Crippen molar-refractivity contribution in [2.45, 2.75) is 401 Å². The van der Waals surface area contributed by atoms with E-state index in [1.807, 2.05) is 0 Å². The molecular weight excluding hydrogens is 1780 g/mol. The first-order chi connectivity index (χ1) is 69.0. The Kier molecular flexibility index (Phi) is 25.8. The van der Waals surface area contributed by atoms with E-state index in [4.69, 9.17) is 0 Å². The Labute approximate surface area is 892 Å². The fraction of sp³-hybridized carbons (Fsp3) is 0.392. The first-order valence-electron chi connectivity index (χ1n) is 55.7. The van der Waals surface area contributed by atoms with Crippen LogP contribution in [0, 0.1) is 388 Å². The molecule has 0 spiro atoms. The first kappa shape index (κ1) is 106. The molecule has 0 N–H and O–H groups in total. The monoisotopic (exact) mass is 1950 g/mol. The average molecular weight is 1950 g/mol. The second-order valence-corrected chi connectivity index (χ2v) is 48.5. The molecule has 0 heterocycles. The maximum absolute atomic E-state index is 2.51. The summed E-state index contributed by atoms with van der Waals surface area (Å²) in [6.07, 6.45) is 1.97. The Morgan fingerprint density at radius 2 is 0.169 bits per heavy atom. The zero-order valence-electron chi connectivity index (χ0n) is 102. The van der Waals surface area contributed by atoms with Crippen LogP contribution < -0.4 is 0 Å². The Bertz CT molecular complexity index is 8950. The Morgan fingerprint density at radius 1 is 0.0608 bits per heavy atom. The maximum Gasteiger partial charge on any atom is -0.000766 e. The Morgan fingerprint density at radius 3 is 0.426 bits per heavy atom. The summed E-state index contributed by atoms with van der Waals surface area (Å²) in [6, 6.07) is 0. The van der Waals surface area contributed by atoms with Gasteiger partial charge in [0.05, 0.1) is 0 Å². The van der Waals surface area contributed by atoms with Gasteiger partial charge in [-0.2, -0.15) is 0 Å². The summed E-state index contributed by atoms with van der Waals surface area (Å²) >= 11 is 0. The zero-order chi connectivity index (χ0) is 109. The van der Waals surface area contributed by atoms with Crippen LogP contribution in [-0.4, -0.2) is 0 Å². The van der Waals surface area contributed by atoms with Crippen LogP contribution in [0.4, 0.5) is 0 Å². The third-order valence-corrected chi connectivity index (χ3v) is 43.9. The average Bonchev–Trinajstić information content (AvgIpc) is 1.10. The summed E-state index contributed by atoms with van der Waals surface area (Å²) in [5, 5.41) is 17.2. The highest BCUT2D eigenvalue weighted by Gasteiger charge is 2.42. The van der Waals surface area contributed by atoms with E-state index in [9.17, 15) is 0 Å². The van der Waals surface area contributed by atoms with E-state index < -0.39 is 0 Å². The molecule has 0 radical (unpaired) electrons. The van der Waals surface area contributed by atoms with Crippen molar-refractivity contribution in [3.8, 4) is 100 Å². The molecule has 0 saturated carbocycles. The molecule has 0 atom stereocenters. The van der Waals surface area contributed by atoms with Crippen LogP contribution in [0.25, 0.3) is 165 Å². The second-order valence-electron chi connectivity index (χ2n) is 48.5. The summed E-state index contributed by atoms with van der Waals surface area (Å²) in [7, 11) is 0. The standard InChI is InChI=1S/C75H86.C73H86/c1-30-31(2)45(16)63-58(41(30)12)29-59-42(13)40(11)52(23)72(73(59)63)75-69-50(21)38(9)36(7)48(19)67(69)74(68-49(20)37(8)39(10)51(22)70(68)75)71-56(27)55(26)64(65-46(17)34(5)35(6)47(18)66(65)71)62-54(25)53(24)60-43(14)32(3)33(4)44(15)61(60)57(62)28;1-30-33(4)45(16)60(46(17)34(30)5)64-56(27)55(26)62(57(28)70(64)61-47(18)35(6)31(2)36(7)48(61)19)72-65-50(21)38(9)40(11)52(23)67(65)73(68-53(24)41(12)39(10)51(22)66(68)72)69-54(25)42(13)44(15)59-29-58-43(14)32(3)37(8)49(20)63(58)71(59)69/h29H2,1-28H3;29H2,1-28H3. The fourth-order valence-corrected chi connectivity index (χ4v) is 30.2. The molecule has 2 aliphatic rings. The highest BCUT2D eigenvalue weighted by atomic mass is 14.4. The molecule has 0 heteroatoms. The Hall–Kier alpha value is -11.7. The molecule has 0 amide bonds. The highest BCUT2D eigenvalue weighted by Crippen LogP contribution is 2.64. The predicted octanol–water partition coefficient (Wildman–Crippen LogP) is 42.4. The van der Waals surface area contributed by atoms with E-state index in [0.29, 0.717) is 0 Å². The molecule has 19 rings (SSSR count). The van der Waals surface area contributed by atoms with Gasteiger partial charge in [-0.15, -0.1) is 0 Å². The Balaban J connectivity index is 0.000000194. The molecule has 0 nitrogen and oxygen atoms in total. The zero-order valence-corrected chi connectivity index (χ0v) is 102. The van der Waals surface area contributed by atoms with Crippen molar-refractivity contribution in [1.29, 1.82) is 0 Å². The number of fused-ring (bicyclic) bond motifs is 12. The molecule has 148 heavy (non-hydrogen) atoms. The lowest BCUT2D eigenvalue weighted by molar-refractivity contribution is 1.12. The highest BCUT2D eigenvalue weighted by molar-refractivity contribution is 6.32. The van der Waals surface area contributed by atoms with E-state index in [0.717, 1.165) is 12.8 Å². The lowest BCUT2D eigenvalue weighted by Gasteiger charge is -2.33. The molecule has 0 saturated heterocycles. The van der Waals surface area contributed by atoms with Gasteiger partial charge in [-0.25, -0.2) is 0 Å². The third-order valence-electron chi connectivity index (χ3n) is 43.9. The quantitative estimate of drug-likeness (QED) is 0.140. The van der Waals surface area contributed by atoms with E-state index in [1.165, 1.54) is 499 Å². The van der Waals surface area contributed by atoms with Crippen LogP contribution in [-0.2, 0) is 12.8 Å². The summed E-state index contributed by atoms with van der Waals surface area (Å²) in [6.45, 7) is 135. The summed E-state index contributed by atoms with van der Waals surface area (Å²) in [4.78, 5) is 0. The van der Waals surface area contributed by atoms with Gasteiger partial charge in [-0.1, -0.05) is 0 Å². The van der Waals surface area contributed by atoms with Gasteiger partial charge in [0.25, 0.3) is 0 Å². The van der Waals surface area contributed by atoms with Crippen molar-refractivity contribution >= 4 is 64.6 Å². The smallest absolute Gasteiger partial charge is 0.000766 e. The van der Waals surface area contributed by atoms with Gasteiger partial charge >= 0.3 is 0 Å². The molecule has 0 bridgehead atoms. The van der Waals surface area contributed by atoms with E-state index in [1.54, 1.807) is 0 Å². The third kappa shape index (κ3) is 13.8. The van der Waals surface area contributed by atoms with E-state index in [2.05, 4.69) is 388 Å². The van der Waals surface area contributed by atoms with E-state index in [-0.39, 0.29) is 0 Å². The molecule has 0 fully saturated rings. The van der Waals surface area contributed by atoms with Crippen LogP contribution in [0.2, 0.25) is 0 Å². The largest absolute Gasteiger partial charge is 0.0447 e. The van der Waals surface area contributed by atoms with Crippen LogP contribution in [0.5, 0.6) is 0 Å². The number of hydrogen-bond donors (Lipinski definition) is 0. The van der Waals surface area contributed by atoms with Gasteiger partial charge in [-0.3, -0.25) is 0 Å². The number of aryl methyl sites for hydroxylation is 14. The molecule has 17 aromatic rings. The lowest BCUT2D eigenvalue weighted by Crippen LogP contribution is -2.10. The molecular formula is C148H172. The second kappa shape index (κ2) is 36.0. The molecule has 2 aliphatic carbocycles. The van der Waals surface area contributed by atoms with Crippen LogP contribution >= 0.6 is 0 Å². The lowest BCUT2D eigenvalue weighted by atomic mass is 9.71. The van der Waals surface area contributed by atoms with Crippen molar-refractivity contribution in [3.63, 3.8) is 0 Å². The topological polar surface area (TPSA) is 0 Å². The maximum atomic E-state index is 2.51. The van der Waals surface area contributed by atoms with Crippen LogP contribution in [0.3, 0.4) is 0 Å². The molecule has 0 aromatic heterocycles. The summed E-state index contributed by atoms with van der Waals surface area (Å²) in [5.41, 5.74) is 111. The van der Waals surface area contributed by atoms with E-state index >= 15 is 0 Å². The van der Waals surface area contributed by atoms with Crippen molar-refractivity contribution in [2.75, 3.05) is 0 Å².